The van der Waals surface area contributed by atoms with Gasteiger partial charge >= 0.3 is 5.97 Å². The lowest BCUT2D eigenvalue weighted by atomic mass is 10.2. The van der Waals surface area contributed by atoms with E-state index >= 15 is 0 Å². The summed E-state index contributed by atoms with van der Waals surface area (Å²) >= 11 is 0. The van der Waals surface area contributed by atoms with Crippen LogP contribution in [0.2, 0.25) is 0 Å². The Labute approximate surface area is 110 Å². The molecular formula is C12H17N5O2. The number of nitrogens with zero attached hydrogens (tertiary/aromatic N) is 5. The van der Waals surface area contributed by atoms with E-state index in [4.69, 9.17) is 5.11 Å². The van der Waals surface area contributed by atoms with Gasteiger partial charge in [0.05, 0.1) is 36.9 Å². The number of aromatic nitrogens is 5. The molecule has 0 spiro atoms. The normalized spacial score (nSPS) is 11.1. The summed E-state index contributed by atoms with van der Waals surface area (Å²) in [5.41, 5.74) is 1.74. The van der Waals surface area contributed by atoms with Crippen LogP contribution in [-0.2, 0) is 17.8 Å². The number of carbonyl (C=O) groups is 1. The molecule has 0 aliphatic carbocycles. The van der Waals surface area contributed by atoms with Gasteiger partial charge in [0.25, 0.3) is 0 Å². The average molecular weight is 263 g/mol. The van der Waals surface area contributed by atoms with Gasteiger partial charge in [-0.2, -0.15) is 0 Å². The summed E-state index contributed by atoms with van der Waals surface area (Å²) in [7, 11) is 0. The van der Waals surface area contributed by atoms with E-state index in [1.807, 2.05) is 0 Å². The van der Waals surface area contributed by atoms with Crippen molar-refractivity contribution in [1.29, 1.82) is 0 Å². The van der Waals surface area contributed by atoms with Crippen LogP contribution in [0.1, 0.15) is 37.7 Å². The topological polar surface area (TPSA) is 85.8 Å². The van der Waals surface area contributed by atoms with Gasteiger partial charge in [-0.15, -0.1) is 5.10 Å². The SMILES string of the molecule is CC(C)n1cncc1Cn1cc(CCC(=O)O)nn1. The Hall–Kier alpha value is -2.18. The molecule has 1 N–H and O–H groups in total. The zero-order valence-corrected chi connectivity index (χ0v) is 11.0. The quantitative estimate of drug-likeness (QED) is 0.844. The Kier molecular flexibility index (Phi) is 3.94. The molecule has 0 saturated carbocycles. The van der Waals surface area contributed by atoms with Gasteiger partial charge in [-0.3, -0.25) is 4.79 Å². The van der Waals surface area contributed by atoms with Crippen LogP contribution >= 0.6 is 0 Å². The molecule has 2 rings (SSSR count). The Morgan fingerprint density at radius 2 is 2.26 bits per heavy atom. The van der Waals surface area contributed by atoms with Crippen LogP contribution in [0, 0.1) is 0 Å². The molecule has 0 bridgehead atoms. The number of carboxylic acids is 1. The molecule has 2 aromatic rings. The molecule has 0 aromatic carbocycles. The molecule has 2 aromatic heterocycles. The van der Waals surface area contributed by atoms with Crippen LogP contribution in [0.3, 0.4) is 0 Å². The summed E-state index contributed by atoms with van der Waals surface area (Å²) in [6.07, 6.45) is 5.85. The van der Waals surface area contributed by atoms with Crippen molar-refractivity contribution in [2.75, 3.05) is 0 Å². The molecule has 7 heteroatoms. The molecule has 0 fully saturated rings. The Balaban J connectivity index is 2.03. The Bertz CT molecular complexity index is 558. The van der Waals surface area contributed by atoms with Crippen molar-refractivity contribution in [3.8, 4) is 0 Å². The summed E-state index contributed by atoms with van der Waals surface area (Å²) in [6.45, 7) is 4.76. The number of aryl methyl sites for hydroxylation is 1. The first-order chi connectivity index (χ1) is 9.06. The second-order valence-electron chi connectivity index (χ2n) is 4.69. The Morgan fingerprint density at radius 1 is 1.47 bits per heavy atom. The van der Waals surface area contributed by atoms with Crippen molar-refractivity contribution in [2.24, 2.45) is 0 Å². The highest BCUT2D eigenvalue weighted by molar-refractivity contribution is 5.66. The molecule has 2 heterocycles. The van der Waals surface area contributed by atoms with Gasteiger partial charge in [0, 0.05) is 18.7 Å². The van der Waals surface area contributed by atoms with Crippen LogP contribution in [0.5, 0.6) is 0 Å². The smallest absolute Gasteiger partial charge is 0.303 e. The van der Waals surface area contributed by atoms with Gasteiger partial charge < -0.3 is 9.67 Å². The van der Waals surface area contributed by atoms with Gasteiger partial charge in [0.1, 0.15) is 0 Å². The second-order valence-corrected chi connectivity index (χ2v) is 4.69. The first kappa shape index (κ1) is 13.3. The van der Waals surface area contributed by atoms with Crippen LogP contribution in [0.4, 0.5) is 0 Å². The van der Waals surface area contributed by atoms with E-state index in [2.05, 4.69) is 33.7 Å². The third kappa shape index (κ3) is 3.40. The van der Waals surface area contributed by atoms with Crippen molar-refractivity contribution >= 4 is 5.97 Å². The van der Waals surface area contributed by atoms with Crippen LogP contribution < -0.4 is 0 Å². The number of rotatable bonds is 6. The third-order valence-corrected chi connectivity index (χ3v) is 2.81. The predicted molar refractivity (Wildman–Crippen MR) is 67.7 cm³/mol. The van der Waals surface area contributed by atoms with Crippen LogP contribution in [0.25, 0.3) is 0 Å². The minimum Gasteiger partial charge on any atom is -0.481 e. The van der Waals surface area contributed by atoms with Crippen LogP contribution in [0.15, 0.2) is 18.7 Å². The first-order valence-electron chi connectivity index (χ1n) is 6.17. The molecular weight excluding hydrogens is 246 g/mol. The summed E-state index contributed by atoms with van der Waals surface area (Å²) < 4.78 is 3.77. The summed E-state index contributed by atoms with van der Waals surface area (Å²) in [4.78, 5) is 14.6. The van der Waals surface area contributed by atoms with Crippen molar-refractivity contribution < 1.29 is 9.90 Å². The van der Waals surface area contributed by atoms with E-state index in [0.717, 1.165) is 5.69 Å². The van der Waals surface area contributed by atoms with Crippen LogP contribution in [-0.4, -0.2) is 35.6 Å². The lowest BCUT2D eigenvalue weighted by molar-refractivity contribution is -0.136. The fourth-order valence-electron chi connectivity index (χ4n) is 1.85. The minimum atomic E-state index is -0.826. The molecule has 7 nitrogen and oxygen atoms in total. The highest BCUT2D eigenvalue weighted by Gasteiger charge is 2.08. The fraction of sp³-hybridized carbons (Fsp3) is 0.500. The lowest BCUT2D eigenvalue weighted by Gasteiger charge is -2.11. The molecule has 102 valence electrons. The van der Waals surface area contributed by atoms with Gasteiger partial charge in [0.2, 0.25) is 0 Å². The highest BCUT2D eigenvalue weighted by Crippen LogP contribution is 2.10. The van der Waals surface area contributed by atoms with Crippen molar-refractivity contribution in [2.45, 2.75) is 39.3 Å². The Morgan fingerprint density at radius 3 is 2.95 bits per heavy atom. The van der Waals surface area contributed by atoms with Gasteiger partial charge in [-0.25, -0.2) is 9.67 Å². The van der Waals surface area contributed by atoms with Gasteiger partial charge in [-0.05, 0) is 13.8 Å². The maximum Gasteiger partial charge on any atom is 0.303 e. The minimum absolute atomic E-state index is 0.0720. The second kappa shape index (κ2) is 5.64. The number of carboxylic acid groups (broad SMARTS) is 1. The van der Waals surface area contributed by atoms with Gasteiger partial charge in [0.15, 0.2) is 0 Å². The van der Waals surface area contributed by atoms with Crippen molar-refractivity contribution in [3.05, 3.63) is 30.1 Å². The molecule has 0 saturated heterocycles. The number of imidazole rings is 1. The van der Waals surface area contributed by atoms with Crippen molar-refractivity contribution in [3.63, 3.8) is 0 Å². The predicted octanol–water partition coefficient (Wildman–Crippen LogP) is 1.12. The average Bonchev–Trinajstić information content (AvgIpc) is 2.96. The zero-order chi connectivity index (χ0) is 13.8. The zero-order valence-electron chi connectivity index (χ0n) is 11.0. The first-order valence-corrected chi connectivity index (χ1v) is 6.17. The number of aliphatic carboxylic acids is 1. The number of hydrogen-bond donors (Lipinski definition) is 1. The van der Waals surface area contributed by atoms with E-state index in [1.54, 1.807) is 23.4 Å². The standard InChI is InChI=1S/C12H17N5O2/c1-9(2)17-8-13-5-11(17)7-16-6-10(14-15-16)3-4-12(18)19/h5-6,8-9H,3-4,7H2,1-2H3,(H,18,19). The molecule has 0 unspecified atom stereocenters. The summed E-state index contributed by atoms with van der Waals surface area (Å²) in [6, 6.07) is 0.340. The van der Waals surface area contributed by atoms with E-state index in [1.165, 1.54) is 0 Å². The maximum absolute atomic E-state index is 10.5. The lowest BCUT2D eigenvalue weighted by Crippen LogP contribution is -2.09. The van der Waals surface area contributed by atoms with E-state index in [9.17, 15) is 4.79 Å². The highest BCUT2D eigenvalue weighted by atomic mass is 16.4. The molecule has 0 radical (unpaired) electrons. The van der Waals surface area contributed by atoms with E-state index in [-0.39, 0.29) is 6.42 Å². The molecule has 0 amide bonds. The third-order valence-electron chi connectivity index (χ3n) is 2.81. The van der Waals surface area contributed by atoms with E-state index < -0.39 is 5.97 Å². The van der Waals surface area contributed by atoms with E-state index in [0.29, 0.717) is 24.7 Å². The number of hydrogen-bond acceptors (Lipinski definition) is 4. The van der Waals surface area contributed by atoms with Gasteiger partial charge in [-0.1, -0.05) is 5.21 Å². The molecule has 19 heavy (non-hydrogen) atoms. The summed E-state index contributed by atoms with van der Waals surface area (Å²) in [5.74, 6) is -0.826. The molecule has 0 aliphatic rings. The van der Waals surface area contributed by atoms with Crippen molar-refractivity contribution in [1.82, 2.24) is 24.5 Å². The maximum atomic E-state index is 10.5. The molecule has 0 atom stereocenters. The monoisotopic (exact) mass is 263 g/mol. The summed E-state index contributed by atoms with van der Waals surface area (Å²) in [5, 5.41) is 16.6. The molecule has 0 aliphatic heterocycles. The fourth-order valence-corrected chi connectivity index (χ4v) is 1.85. The largest absolute Gasteiger partial charge is 0.481 e.